The Kier molecular flexibility index (Phi) is 5.68. The molecule has 2 aromatic rings. The maximum absolute atomic E-state index is 5.78. The third-order valence-electron chi connectivity index (χ3n) is 3.53. The minimum atomic E-state index is 0. The Bertz CT molecular complexity index is 655. The van der Waals surface area contributed by atoms with Gasteiger partial charge in [0, 0.05) is 0 Å². The van der Waals surface area contributed by atoms with Gasteiger partial charge in [0.05, 0.1) is 0 Å². The summed E-state index contributed by atoms with van der Waals surface area (Å²) in [6.07, 6.45) is 4.13. The molecule has 1 aliphatic rings. The molecule has 4 heteroatoms. The molecule has 1 aromatic carbocycles. The van der Waals surface area contributed by atoms with E-state index in [0.29, 0.717) is 5.92 Å². The van der Waals surface area contributed by atoms with E-state index >= 15 is 0 Å². The van der Waals surface area contributed by atoms with Crippen LogP contribution in [0.25, 0.3) is 16.3 Å². The van der Waals surface area contributed by atoms with Crippen LogP contribution < -0.4 is 0 Å². The summed E-state index contributed by atoms with van der Waals surface area (Å²) in [5.74, 6) is 1.61. The van der Waals surface area contributed by atoms with Crippen molar-refractivity contribution in [3.63, 3.8) is 0 Å². The first kappa shape index (κ1) is 16.8. The van der Waals surface area contributed by atoms with Crippen molar-refractivity contribution in [2.45, 2.75) is 13.8 Å². The Balaban J connectivity index is 0.000000902. The van der Waals surface area contributed by atoms with Gasteiger partial charge in [0.15, 0.2) is 0 Å². The summed E-state index contributed by atoms with van der Waals surface area (Å²) in [5.41, 5.74) is 2.74. The topological polar surface area (TPSA) is 13.1 Å². The number of hydrogen-bond donors (Lipinski definition) is 0. The molecule has 1 aliphatic carbocycles. The van der Waals surface area contributed by atoms with Crippen molar-refractivity contribution in [2.24, 2.45) is 5.92 Å². The maximum Gasteiger partial charge on any atom is -0.147 e. The normalized spacial score (nSPS) is 17.9. The van der Waals surface area contributed by atoms with Gasteiger partial charge in [-0.15, -0.1) is 24.8 Å². The van der Waals surface area contributed by atoms with Crippen molar-refractivity contribution in [1.82, 2.24) is 0 Å². The van der Waals surface area contributed by atoms with Crippen LogP contribution in [0.3, 0.4) is 0 Å². The first-order valence-electron chi connectivity index (χ1n) is 5.79. The molecule has 1 aromatic heterocycles. The Morgan fingerprint density at radius 2 is 1.84 bits per heavy atom. The SMILES string of the molecule is CC1=CC(c2occ3ccccc23)=[C]([Zr])C1C.Cl.Cl. The van der Waals surface area contributed by atoms with E-state index in [9.17, 15) is 0 Å². The fourth-order valence-corrected chi connectivity index (χ4v) is 3.30. The van der Waals surface area contributed by atoms with Crippen LogP contribution in [-0.2, 0) is 24.7 Å². The Hall–Kier alpha value is -0.297. The molecule has 0 fully saturated rings. The van der Waals surface area contributed by atoms with Crippen molar-refractivity contribution in [3.05, 3.63) is 51.2 Å². The molecule has 19 heavy (non-hydrogen) atoms. The minimum absolute atomic E-state index is 0. The van der Waals surface area contributed by atoms with E-state index in [0.717, 1.165) is 5.76 Å². The molecule has 1 nitrogen and oxygen atoms in total. The second-order valence-electron chi connectivity index (χ2n) is 4.59. The van der Waals surface area contributed by atoms with E-state index in [2.05, 4.69) is 38.1 Å². The zero-order valence-electron chi connectivity index (χ0n) is 10.8. The summed E-state index contributed by atoms with van der Waals surface area (Å²) in [7, 11) is 0. The number of fused-ring (bicyclic) bond motifs is 1. The average Bonchev–Trinajstić information content (AvgIpc) is 2.86. The first-order valence-corrected chi connectivity index (χ1v) is 7.02. The van der Waals surface area contributed by atoms with Crippen molar-refractivity contribution in [1.29, 1.82) is 0 Å². The van der Waals surface area contributed by atoms with E-state index < -0.39 is 0 Å². The van der Waals surface area contributed by atoms with E-state index in [1.165, 1.54) is 49.9 Å². The summed E-state index contributed by atoms with van der Waals surface area (Å²) in [4.78, 5) is 0. The molecule has 0 amide bonds. The van der Waals surface area contributed by atoms with Gasteiger partial charge in [-0.1, -0.05) is 0 Å². The van der Waals surface area contributed by atoms with Gasteiger partial charge in [-0.3, -0.25) is 0 Å². The van der Waals surface area contributed by atoms with Crippen LogP contribution in [0.1, 0.15) is 19.6 Å². The molecule has 0 N–H and O–H groups in total. The van der Waals surface area contributed by atoms with Gasteiger partial charge in [0.2, 0.25) is 0 Å². The molecule has 3 rings (SSSR count). The van der Waals surface area contributed by atoms with Gasteiger partial charge in [0.25, 0.3) is 0 Å². The van der Waals surface area contributed by atoms with E-state index in [1.807, 2.05) is 12.3 Å². The maximum atomic E-state index is 5.78. The van der Waals surface area contributed by atoms with Gasteiger partial charge in [0.1, 0.15) is 0 Å². The quantitative estimate of drug-likeness (QED) is 0.675. The van der Waals surface area contributed by atoms with Crippen LogP contribution >= 0.6 is 24.8 Å². The predicted molar refractivity (Wildman–Crippen MR) is 80.6 cm³/mol. The molecule has 0 aliphatic heterocycles. The van der Waals surface area contributed by atoms with Crippen molar-refractivity contribution in [3.8, 4) is 0 Å². The van der Waals surface area contributed by atoms with Gasteiger partial charge in [-0.05, 0) is 0 Å². The standard InChI is InChI=1S/C15H13O.2ClH.Zr/c1-10-7-13(8-11(10)2)15-14-6-4-3-5-12(14)9-16-15;;;/h3-7,9,11H,1-2H3;2*1H;. The summed E-state index contributed by atoms with van der Waals surface area (Å²) in [6.45, 7) is 4.47. The van der Waals surface area contributed by atoms with Crippen LogP contribution in [0, 0.1) is 5.92 Å². The van der Waals surface area contributed by atoms with Crippen molar-refractivity contribution < 1.29 is 29.1 Å². The molecule has 99 valence electrons. The average molecular weight is 373 g/mol. The molecule has 0 radical (unpaired) electrons. The van der Waals surface area contributed by atoms with Crippen LogP contribution in [0.2, 0.25) is 0 Å². The van der Waals surface area contributed by atoms with Crippen LogP contribution in [0.5, 0.6) is 0 Å². The fourth-order valence-electron chi connectivity index (χ4n) is 2.28. The third-order valence-corrected chi connectivity index (χ3v) is 5.26. The summed E-state index contributed by atoms with van der Waals surface area (Å²) >= 11 is 1.49. The van der Waals surface area contributed by atoms with Crippen LogP contribution in [0.15, 0.2) is 49.9 Å². The minimum Gasteiger partial charge on any atom is -0.147 e. The molecular formula is C15H15Cl2OZr. The molecule has 0 spiro atoms. The second-order valence-corrected chi connectivity index (χ2v) is 5.91. The Morgan fingerprint density at radius 1 is 1.16 bits per heavy atom. The number of hydrogen-bond acceptors (Lipinski definition) is 1. The smallest absolute Gasteiger partial charge is 0.147 e. The van der Waals surface area contributed by atoms with Crippen molar-refractivity contribution >= 4 is 41.2 Å². The number of halogens is 2. The van der Waals surface area contributed by atoms with E-state index in [4.69, 9.17) is 4.42 Å². The van der Waals surface area contributed by atoms with Gasteiger partial charge >= 0.3 is 116 Å². The molecular weight excluding hydrogens is 358 g/mol. The summed E-state index contributed by atoms with van der Waals surface area (Å²) < 4.78 is 7.27. The first-order chi connectivity index (χ1) is 8.18. The number of furan rings is 1. The fraction of sp³-hybridized carbons (Fsp3) is 0.200. The number of benzene rings is 1. The largest absolute Gasteiger partial charge is 0.147 e. The number of rotatable bonds is 1. The zero-order valence-corrected chi connectivity index (χ0v) is 14.9. The van der Waals surface area contributed by atoms with E-state index in [1.54, 1.807) is 0 Å². The van der Waals surface area contributed by atoms with Crippen molar-refractivity contribution in [2.75, 3.05) is 0 Å². The van der Waals surface area contributed by atoms with Crippen LogP contribution in [0.4, 0.5) is 0 Å². The molecule has 0 bridgehead atoms. The molecule has 1 atom stereocenters. The Morgan fingerprint density at radius 3 is 2.47 bits per heavy atom. The second kappa shape index (κ2) is 6.44. The summed E-state index contributed by atoms with van der Waals surface area (Å²) in [6, 6.07) is 8.35. The Labute approximate surface area is 140 Å². The van der Waals surface area contributed by atoms with Gasteiger partial charge in [-0.25, -0.2) is 0 Å². The molecule has 1 heterocycles. The van der Waals surface area contributed by atoms with Gasteiger partial charge in [-0.2, -0.15) is 0 Å². The third kappa shape index (κ3) is 2.77. The zero-order chi connectivity index (χ0) is 12.0. The van der Waals surface area contributed by atoms with E-state index in [-0.39, 0.29) is 24.8 Å². The number of allylic oxidation sites excluding steroid dienone is 4. The molecule has 1 unspecified atom stereocenters. The van der Waals surface area contributed by atoms with Crippen LogP contribution in [-0.4, -0.2) is 0 Å². The van der Waals surface area contributed by atoms with Gasteiger partial charge < -0.3 is 0 Å². The monoisotopic (exact) mass is 371 g/mol. The summed E-state index contributed by atoms with van der Waals surface area (Å²) in [5, 5.41) is 2.41. The molecule has 0 saturated carbocycles. The molecule has 0 saturated heterocycles. The predicted octanol–water partition coefficient (Wildman–Crippen LogP) is 5.13.